The number of unbranched alkanes of at least 4 members (excludes halogenated alkanes) is 2. The average Bonchev–Trinajstić information content (AvgIpc) is 3.37. The number of pyridine rings is 1. The Morgan fingerprint density at radius 1 is 1.23 bits per heavy atom. The number of fused-ring (bicyclic) bond motifs is 1. The van der Waals surface area contributed by atoms with Gasteiger partial charge in [0.05, 0.1) is 23.0 Å². The van der Waals surface area contributed by atoms with Crippen LogP contribution in [0.4, 0.5) is 15.8 Å². The first-order valence-electron chi connectivity index (χ1n) is 12.5. The molecule has 0 saturated carbocycles. The van der Waals surface area contributed by atoms with E-state index in [9.17, 15) is 14.0 Å². The number of aromatic amines is 1. The van der Waals surface area contributed by atoms with E-state index in [1.54, 1.807) is 31.5 Å². The Balaban J connectivity index is 1.29. The molecule has 4 rings (SSSR count). The second-order valence-corrected chi connectivity index (χ2v) is 9.02. The van der Waals surface area contributed by atoms with Crippen molar-refractivity contribution >= 4 is 40.8 Å². The lowest BCUT2D eigenvalue weighted by Gasteiger charge is -2.08. The number of guanidine groups is 1. The number of nitrogens with one attached hydrogen (secondary N) is 5. The van der Waals surface area contributed by atoms with Gasteiger partial charge >= 0.3 is 0 Å². The Kier molecular flexibility index (Phi) is 8.68. The molecule has 1 aliphatic rings. The number of aryl methyl sites for hydroxylation is 1. The molecule has 3 aromatic rings. The summed E-state index contributed by atoms with van der Waals surface area (Å²) in [6.07, 6.45) is 9.20. The van der Waals surface area contributed by atoms with Crippen LogP contribution < -0.4 is 21.3 Å². The zero-order valence-electron chi connectivity index (χ0n) is 21.7. The van der Waals surface area contributed by atoms with Crippen LogP contribution in [0.1, 0.15) is 52.1 Å². The molecule has 0 unspecified atom stereocenters. The number of nitriles is 1. The predicted octanol–water partition coefficient (Wildman–Crippen LogP) is 4.10. The van der Waals surface area contributed by atoms with E-state index in [4.69, 9.17) is 5.26 Å². The highest BCUT2D eigenvalue weighted by Gasteiger charge is 2.26. The Bertz CT molecular complexity index is 1470. The number of amides is 2. The topological polar surface area (TPSA) is 147 Å². The van der Waals surface area contributed by atoms with Gasteiger partial charge in [0.25, 0.3) is 11.8 Å². The number of H-pyrrole nitrogens is 1. The Morgan fingerprint density at radius 3 is 2.85 bits per heavy atom. The van der Waals surface area contributed by atoms with E-state index in [-0.39, 0.29) is 11.8 Å². The van der Waals surface area contributed by atoms with Crippen molar-refractivity contribution in [3.05, 3.63) is 76.6 Å². The van der Waals surface area contributed by atoms with Crippen LogP contribution in [0.3, 0.4) is 0 Å². The third-order valence-electron chi connectivity index (χ3n) is 6.25. The van der Waals surface area contributed by atoms with E-state index < -0.39 is 5.82 Å². The minimum Gasteiger partial charge on any atom is -0.358 e. The second kappa shape index (κ2) is 12.5. The van der Waals surface area contributed by atoms with Gasteiger partial charge < -0.3 is 20.9 Å². The van der Waals surface area contributed by atoms with Crippen LogP contribution in [0.25, 0.3) is 11.6 Å². The van der Waals surface area contributed by atoms with Crippen molar-refractivity contribution in [2.75, 3.05) is 23.7 Å². The molecule has 0 fully saturated rings. The molecule has 0 saturated heterocycles. The Morgan fingerprint density at radius 2 is 2.08 bits per heavy atom. The number of benzene rings is 1. The molecule has 1 aliphatic heterocycles. The summed E-state index contributed by atoms with van der Waals surface area (Å²) in [4.78, 5) is 36.9. The largest absolute Gasteiger partial charge is 0.358 e. The van der Waals surface area contributed by atoms with Crippen LogP contribution >= 0.6 is 0 Å². The number of hydrogen-bond donors (Lipinski definition) is 5. The fraction of sp³-hybridized carbons (Fsp3) is 0.250. The molecule has 3 heterocycles. The lowest BCUT2D eigenvalue weighted by Crippen LogP contribution is -2.27. The number of halogens is 1. The highest BCUT2D eigenvalue weighted by molar-refractivity contribution is 6.34. The molecule has 0 atom stereocenters. The van der Waals surface area contributed by atoms with Gasteiger partial charge in [0.2, 0.25) is 5.96 Å². The van der Waals surface area contributed by atoms with E-state index in [0.717, 1.165) is 24.9 Å². The monoisotopic (exact) mass is 528 g/mol. The SMILES string of the molecule is Cc1[nH]c(/C=C2\C(=O)Nc3ccc(F)cc32)c(C)c1C(=O)NCCCCCN=C(NC#N)Nc1cccnc1. The first kappa shape index (κ1) is 27.1. The van der Waals surface area contributed by atoms with Crippen molar-refractivity contribution in [2.45, 2.75) is 33.1 Å². The quantitative estimate of drug-likeness (QED) is 0.0706. The van der Waals surface area contributed by atoms with Crippen molar-refractivity contribution in [3.63, 3.8) is 0 Å². The number of hydrogen-bond acceptors (Lipinski definition) is 5. The van der Waals surface area contributed by atoms with Crippen LogP contribution in [-0.4, -0.2) is 40.8 Å². The molecular weight excluding hydrogens is 499 g/mol. The highest BCUT2D eigenvalue weighted by Crippen LogP contribution is 2.34. The molecule has 39 heavy (non-hydrogen) atoms. The van der Waals surface area contributed by atoms with E-state index in [1.165, 1.54) is 18.2 Å². The molecule has 0 radical (unpaired) electrons. The van der Waals surface area contributed by atoms with Crippen LogP contribution in [0.15, 0.2) is 47.7 Å². The van der Waals surface area contributed by atoms with Gasteiger partial charge in [-0.05, 0) is 75.1 Å². The average molecular weight is 529 g/mol. The van der Waals surface area contributed by atoms with E-state index in [2.05, 4.69) is 36.2 Å². The van der Waals surface area contributed by atoms with Gasteiger partial charge in [0.15, 0.2) is 6.19 Å². The van der Waals surface area contributed by atoms with Gasteiger partial charge in [0.1, 0.15) is 5.82 Å². The van der Waals surface area contributed by atoms with E-state index >= 15 is 0 Å². The van der Waals surface area contributed by atoms with Crippen LogP contribution in [0.2, 0.25) is 0 Å². The fourth-order valence-corrected chi connectivity index (χ4v) is 4.34. The van der Waals surface area contributed by atoms with Gasteiger partial charge in [-0.3, -0.25) is 24.9 Å². The summed E-state index contributed by atoms with van der Waals surface area (Å²) in [6.45, 7) is 4.63. The molecule has 2 aromatic heterocycles. The molecule has 200 valence electrons. The van der Waals surface area contributed by atoms with Crippen molar-refractivity contribution in [1.29, 1.82) is 5.26 Å². The predicted molar refractivity (Wildman–Crippen MR) is 148 cm³/mol. The first-order valence-corrected chi connectivity index (χ1v) is 12.5. The smallest absolute Gasteiger partial charge is 0.256 e. The third-order valence-corrected chi connectivity index (χ3v) is 6.25. The molecular formula is C28H29FN8O2. The standard InChI is InChI=1S/C28H29FN8O2/c1-17-24(14-22-21-13-19(29)8-9-23(21)37-26(22)38)35-18(2)25(17)27(39)32-11-4-3-5-12-33-28(34-16-30)36-20-7-6-10-31-15-20/h6-10,13-15,35H,3-5,11-12H2,1-2H3,(H,32,39)(H,37,38)(H2,33,34,36)/b22-14-. The number of rotatable bonds is 9. The number of aromatic nitrogens is 2. The van der Waals surface area contributed by atoms with Crippen LogP contribution in [0, 0.1) is 31.1 Å². The maximum absolute atomic E-state index is 13.8. The summed E-state index contributed by atoms with van der Waals surface area (Å²) in [5.74, 6) is -0.594. The van der Waals surface area contributed by atoms with Crippen molar-refractivity contribution in [1.82, 2.24) is 20.6 Å². The van der Waals surface area contributed by atoms with Crippen molar-refractivity contribution in [3.8, 4) is 6.19 Å². The maximum Gasteiger partial charge on any atom is 0.256 e. The first-order chi connectivity index (χ1) is 18.9. The van der Waals surface area contributed by atoms with Gasteiger partial charge in [-0.15, -0.1) is 0 Å². The number of anilines is 2. The van der Waals surface area contributed by atoms with Crippen LogP contribution in [0.5, 0.6) is 0 Å². The molecule has 0 bridgehead atoms. The van der Waals surface area contributed by atoms with Gasteiger partial charge in [-0.25, -0.2) is 4.39 Å². The molecule has 5 N–H and O–H groups in total. The Labute approximate surface area is 225 Å². The molecule has 2 amide bonds. The summed E-state index contributed by atoms with van der Waals surface area (Å²) in [7, 11) is 0. The molecule has 1 aromatic carbocycles. The summed E-state index contributed by atoms with van der Waals surface area (Å²) in [6, 6.07) is 7.75. The lowest BCUT2D eigenvalue weighted by molar-refractivity contribution is -0.110. The zero-order chi connectivity index (χ0) is 27.8. The zero-order valence-corrected chi connectivity index (χ0v) is 21.7. The maximum atomic E-state index is 13.8. The number of carbonyl (C=O) groups excluding carboxylic acids is 2. The summed E-state index contributed by atoms with van der Waals surface area (Å²) in [5, 5.41) is 20.2. The highest BCUT2D eigenvalue weighted by atomic mass is 19.1. The van der Waals surface area contributed by atoms with Gasteiger partial charge in [0, 0.05) is 41.9 Å². The van der Waals surface area contributed by atoms with Crippen molar-refractivity contribution < 1.29 is 14.0 Å². The van der Waals surface area contributed by atoms with Crippen LogP contribution in [-0.2, 0) is 4.79 Å². The fourth-order valence-electron chi connectivity index (χ4n) is 4.34. The number of aliphatic imine (C=N–C) groups is 1. The lowest BCUT2D eigenvalue weighted by atomic mass is 10.0. The minimum absolute atomic E-state index is 0.201. The van der Waals surface area contributed by atoms with Crippen molar-refractivity contribution in [2.24, 2.45) is 4.99 Å². The molecule has 11 heteroatoms. The Hall–Kier alpha value is -4.98. The second-order valence-electron chi connectivity index (χ2n) is 9.02. The third kappa shape index (κ3) is 6.67. The molecule has 0 aliphatic carbocycles. The molecule has 0 spiro atoms. The summed E-state index contributed by atoms with van der Waals surface area (Å²) >= 11 is 0. The van der Waals surface area contributed by atoms with E-state index in [0.29, 0.717) is 58.4 Å². The molecule has 10 nitrogen and oxygen atoms in total. The number of nitrogens with zero attached hydrogens (tertiary/aromatic N) is 3. The van der Waals surface area contributed by atoms with E-state index in [1.807, 2.05) is 19.2 Å². The van der Waals surface area contributed by atoms with Gasteiger partial charge in [-0.1, -0.05) is 0 Å². The van der Waals surface area contributed by atoms with Gasteiger partial charge in [-0.2, -0.15) is 5.26 Å². The summed E-state index contributed by atoms with van der Waals surface area (Å²) in [5.41, 5.74) is 4.65. The summed E-state index contributed by atoms with van der Waals surface area (Å²) < 4.78 is 13.8. The minimum atomic E-state index is -0.428. The normalized spacial score (nSPS) is 13.5. The number of carbonyl (C=O) groups is 2.